The van der Waals surface area contributed by atoms with Gasteiger partial charge in [0, 0.05) is 61.7 Å². The van der Waals surface area contributed by atoms with Crippen molar-refractivity contribution in [1.29, 1.82) is 0 Å². The summed E-state index contributed by atoms with van der Waals surface area (Å²) in [4.78, 5) is 31.4. The minimum atomic E-state index is -0.345. The lowest BCUT2D eigenvalue weighted by Crippen LogP contribution is -2.32. The molecule has 0 atom stereocenters. The molecule has 0 aromatic carbocycles. The topological polar surface area (TPSA) is 155 Å². The molecule has 0 aliphatic carbocycles. The van der Waals surface area contributed by atoms with Gasteiger partial charge in [0.25, 0.3) is 0 Å². The third kappa shape index (κ3) is 65.9. The second-order valence-electron chi connectivity index (χ2n) is 7.35. The summed E-state index contributed by atoms with van der Waals surface area (Å²) in [5.74, 6) is -0.488. The van der Waals surface area contributed by atoms with E-state index in [0.717, 1.165) is 13.1 Å². The molecule has 226 valence electrons. The summed E-state index contributed by atoms with van der Waals surface area (Å²) in [6, 6.07) is 0. The highest BCUT2D eigenvalue weighted by Gasteiger charge is 1.96. The van der Waals surface area contributed by atoms with E-state index in [1.54, 1.807) is 14.2 Å². The van der Waals surface area contributed by atoms with Gasteiger partial charge in [-0.25, -0.2) is 4.79 Å². The van der Waals surface area contributed by atoms with E-state index in [0.29, 0.717) is 25.3 Å². The van der Waals surface area contributed by atoms with Crippen molar-refractivity contribution in [2.24, 2.45) is 0 Å². The Balaban J connectivity index is -0.000000119. The van der Waals surface area contributed by atoms with E-state index in [1.165, 1.54) is 28.4 Å². The molecule has 4 N–H and O–H groups in total. The molecule has 0 aliphatic heterocycles. The van der Waals surface area contributed by atoms with Crippen LogP contribution in [0.2, 0.25) is 0 Å². The molecule has 2 amide bonds. The van der Waals surface area contributed by atoms with Crippen LogP contribution in [0.1, 0.15) is 27.7 Å². The van der Waals surface area contributed by atoms with E-state index in [2.05, 4.69) is 40.2 Å². The molecule has 0 saturated carbocycles. The second kappa shape index (κ2) is 41.3. The van der Waals surface area contributed by atoms with Crippen molar-refractivity contribution in [3.8, 4) is 0 Å². The lowest BCUT2D eigenvalue weighted by Gasteiger charge is -2.02. The maximum absolute atomic E-state index is 10.7. The minimum Gasteiger partial charge on any atom is -0.467 e. The predicted molar refractivity (Wildman–Crippen MR) is 146 cm³/mol. The molecule has 37 heavy (non-hydrogen) atoms. The number of esters is 1. The van der Waals surface area contributed by atoms with Crippen LogP contribution in [-0.2, 0) is 42.8 Å². The van der Waals surface area contributed by atoms with Crippen LogP contribution in [0.4, 0.5) is 0 Å². The van der Waals surface area contributed by atoms with Crippen LogP contribution in [0.5, 0.6) is 0 Å². The number of likely N-dealkylation sites (N-methyl/N-ethyl adjacent to an activating group) is 2. The first-order valence-corrected chi connectivity index (χ1v) is 11.9. The number of hydrogen-bond acceptors (Lipinski definition) is 11. The molecular formula is C24H56N4O9. The van der Waals surface area contributed by atoms with Gasteiger partial charge >= 0.3 is 5.97 Å². The molecule has 13 nitrogen and oxygen atoms in total. The summed E-state index contributed by atoms with van der Waals surface area (Å²) >= 11 is 0. The van der Waals surface area contributed by atoms with E-state index in [9.17, 15) is 14.4 Å². The van der Waals surface area contributed by atoms with Gasteiger partial charge in [0.2, 0.25) is 11.8 Å². The Kier molecular flexibility index (Phi) is 50.3. The third-order valence-electron chi connectivity index (χ3n) is 3.38. The van der Waals surface area contributed by atoms with E-state index >= 15 is 0 Å². The summed E-state index contributed by atoms with van der Waals surface area (Å²) in [5.41, 5.74) is 0. The van der Waals surface area contributed by atoms with Gasteiger partial charge in [-0.3, -0.25) is 9.59 Å². The first-order valence-electron chi connectivity index (χ1n) is 11.9. The highest BCUT2D eigenvalue weighted by atomic mass is 16.6. The lowest BCUT2D eigenvalue weighted by atomic mass is 10.5. The van der Waals surface area contributed by atoms with Crippen LogP contribution >= 0.6 is 0 Å². The number of hydrogen-bond donors (Lipinski definition) is 4. The second-order valence-corrected chi connectivity index (χ2v) is 7.35. The normalized spacial score (nSPS) is 9.24. The van der Waals surface area contributed by atoms with E-state index < -0.39 is 0 Å². The van der Waals surface area contributed by atoms with E-state index in [1.807, 2.05) is 41.8 Å². The first-order chi connectivity index (χ1) is 17.5. The number of carbonyl (C=O) groups excluding carboxylic acids is 3. The molecule has 0 aromatic heterocycles. The average molecular weight is 545 g/mol. The number of rotatable bonds is 14. The van der Waals surface area contributed by atoms with Gasteiger partial charge in [-0.05, 0) is 41.8 Å². The first kappa shape index (κ1) is 45.1. The van der Waals surface area contributed by atoms with Crippen molar-refractivity contribution in [3.63, 3.8) is 0 Å². The van der Waals surface area contributed by atoms with Gasteiger partial charge in [0.05, 0.1) is 19.3 Å². The largest absolute Gasteiger partial charge is 0.467 e. The fraction of sp³-hybridized carbons (Fsp3) is 0.875. The Bertz CT molecular complexity index is 438. The lowest BCUT2D eigenvalue weighted by molar-refractivity contribution is -0.144. The molecule has 0 bridgehead atoms. The Morgan fingerprint density at radius 1 is 0.568 bits per heavy atom. The van der Waals surface area contributed by atoms with Crippen LogP contribution in [0, 0.1) is 0 Å². The van der Waals surface area contributed by atoms with Gasteiger partial charge in [-0.2, -0.15) is 0 Å². The van der Waals surface area contributed by atoms with E-state index in [4.69, 9.17) is 9.47 Å². The summed E-state index contributed by atoms with van der Waals surface area (Å²) in [5, 5.41) is 11.1. The molecule has 0 aliphatic rings. The molecule has 0 radical (unpaired) electrons. The molecule has 13 heteroatoms. The third-order valence-corrected chi connectivity index (χ3v) is 3.38. The van der Waals surface area contributed by atoms with Gasteiger partial charge in [-0.15, -0.1) is 0 Å². The number of methoxy groups -OCH3 is 6. The fourth-order valence-electron chi connectivity index (χ4n) is 1.19. The quantitative estimate of drug-likeness (QED) is 0.170. The van der Waals surface area contributed by atoms with Crippen molar-refractivity contribution in [3.05, 3.63) is 0 Å². The molecule has 0 heterocycles. The maximum atomic E-state index is 10.7. The smallest absolute Gasteiger partial charge is 0.331 e. The van der Waals surface area contributed by atoms with Crippen LogP contribution in [-0.4, -0.2) is 133 Å². The Morgan fingerprint density at radius 3 is 1.03 bits per heavy atom. The van der Waals surface area contributed by atoms with Gasteiger partial charge in [0.1, 0.15) is 19.8 Å². The SMILES string of the molecule is CNCCNC(=O)COC.CNCCNC(=O)COC.COC(C)C.COC(C)C.COCC(=O)OC. The summed E-state index contributed by atoms with van der Waals surface area (Å²) in [6.45, 7) is 11.2. The van der Waals surface area contributed by atoms with E-state index in [-0.39, 0.29) is 37.6 Å². The zero-order chi connectivity index (χ0) is 29.9. The fourth-order valence-corrected chi connectivity index (χ4v) is 1.19. The van der Waals surface area contributed by atoms with Gasteiger partial charge < -0.3 is 49.7 Å². The zero-order valence-corrected chi connectivity index (χ0v) is 25.3. The number of nitrogens with one attached hydrogen (secondary N) is 4. The highest BCUT2D eigenvalue weighted by Crippen LogP contribution is 1.78. The molecule has 0 fully saturated rings. The van der Waals surface area contributed by atoms with Crippen molar-refractivity contribution < 1.29 is 42.8 Å². The summed E-state index contributed by atoms with van der Waals surface area (Å²) < 4.78 is 27.4. The Morgan fingerprint density at radius 2 is 0.865 bits per heavy atom. The minimum absolute atomic E-state index is 0.0382. The molecule has 0 saturated heterocycles. The van der Waals surface area contributed by atoms with Crippen molar-refractivity contribution in [2.75, 3.05) is 103 Å². The van der Waals surface area contributed by atoms with Crippen LogP contribution in [0.3, 0.4) is 0 Å². The summed E-state index contributed by atoms with van der Waals surface area (Å²) in [7, 11) is 12.8. The van der Waals surface area contributed by atoms with Crippen molar-refractivity contribution in [1.82, 2.24) is 21.3 Å². The summed E-state index contributed by atoms with van der Waals surface area (Å²) in [6.07, 6.45) is 0.769. The molecule has 0 aromatic rings. The van der Waals surface area contributed by atoms with Crippen LogP contribution in [0.25, 0.3) is 0 Å². The number of amides is 2. The average Bonchev–Trinajstić information content (AvgIpc) is 2.86. The van der Waals surface area contributed by atoms with Gasteiger partial charge in [0.15, 0.2) is 0 Å². The Labute approximate surface area is 225 Å². The monoisotopic (exact) mass is 544 g/mol. The van der Waals surface area contributed by atoms with Crippen molar-refractivity contribution in [2.45, 2.75) is 39.9 Å². The maximum Gasteiger partial charge on any atom is 0.331 e. The van der Waals surface area contributed by atoms with Crippen LogP contribution < -0.4 is 21.3 Å². The van der Waals surface area contributed by atoms with Crippen LogP contribution in [0.15, 0.2) is 0 Å². The highest BCUT2D eigenvalue weighted by molar-refractivity contribution is 5.77. The van der Waals surface area contributed by atoms with Crippen molar-refractivity contribution >= 4 is 17.8 Å². The standard InChI is InChI=1S/2C6H14N2O2.C4H8O3.2C4H10O/c2*1-7-3-4-8-6(9)5-10-2;1-6-3-4(5)7-2;2*1-4(2)5-3/h2*7H,3-5H2,1-2H3,(H,8,9);3H2,1-2H3;2*4H,1-3H3. The molecule has 0 spiro atoms. The van der Waals surface area contributed by atoms with Gasteiger partial charge in [-0.1, -0.05) is 0 Å². The molecule has 0 unspecified atom stereocenters. The zero-order valence-electron chi connectivity index (χ0n) is 25.3. The predicted octanol–water partition coefficient (Wildman–Crippen LogP) is -0.175. The number of carbonyl (C=O) groups is 3. The Hall–Kier alpha value is -1.87. The molecular weight excluding hydrogens is 488 g/mol. The molecule has 0 rings (SSSR count). The number of ether oxygens (including phenoxy) is 6.